The van der Waals surface area contributed by atoms with Gasteiger partial charge in [-0.3, -0.25) is 4.90 Å². The number of nitrogens with zero attached hydrogens (tertiary/aromatic N) is 1. The number of halogens is 2. The van der Waals surface area contributed by atoms with Crippen LogP contribution in [0, 0.1) is 0 Å². The maximum atomic E-state index is 8.99. The summed E-state index contributed by atoms with van der Waals surface area (Å²) in [7, 11) is 0. The molecule has 0 aliphatic carbocycles. The predicted octanol–water partition coefficient (Wildman–Crippen LogP) is 1.28. The molecule has 4 nitrogen and oxygen atoms in total. The van der Waals surface area contributed by atoms with Gasteiger partial charge in [0, 0.05) is 39.3 Å². The van der Waals surface area contributed by atoms with Crippen LogP contribution in [0.4, 0.5) is 0 Å². The second kappa shape index (κ2) is 9.06. The number of morpholine rings is 1. The van der Waals surface area contributed by atoms with E-state index in [2.05, 4.69) is 34.5 Å². The Hall–Kier alpha value is -0.360. The third-order valence-corrected chi connectivity index (χ3v) is 4.27. The van der Waals surface area contributed by atoms with Crippen LogP contribution in [-0.2, 0) is 17.6 Å². The highest BCUT2D eigenvalue weighted by Gasteiger charge is 2.44. The molecule has 0 atom stereocenters. The molecule has 22 heavy (non-hydrogen) atoms. The summed E-state index contributed by atoms with van der Waals surface area (Å²) in [6, 6.07) is 8.56. The number of hydrogen-bond donors (Lipinski definition) is 2. The number of hydrogen-bond acceptors (Lipinski definition) is 4. The van der Waals surface area contributed by atoms with Gasteiger partial charge in [0.05, 0.1) is 6.61 Å². The molecule has 1 aromatic rings. The zero-order chi connectivity index (χ0) is 13.8. The van der Waals surface area contributed by atoms with Crippen molar-refractivity contribution in [2.24, 2.45) is 0 Å². The smallest absolute Gasteiger partial charge is 0.106 e. The fraction of sp³-hybridized carbons (Fsp3) is 0.625. The van der Waals surface area contributed by atoms with Gasteiger partial charge < -0.3 is 15.2 Å². The highest BCUT2D eigenvalue weighted by Crippen LogP contribution is 2.26. The van der Waals surface area contributed by atoms with Crippen LogP contribution in [0.25, 0.3) is 0 Å². The number of rotatable bonds is 5. The Kier molecular flexibility index (Phi) is 8.11. The van der Waals surface area contributed by atoms with Gasteiger partial charge in [0.1, 0.15) is 5.60 Å². The molecule has 0 amide bonds. The summed E-state index contributed by atoms with van der Waals surface area (Å²) in [5.74, 6) is 0. The molecule has 126 valence electrons. The van der Waals surface area contributed by atoms with E-state index in [4.69, 9.17) is 9.84 Å². The molecule has 0 unspecified atom stereocenters. The van der Waals surface area contributed by atoms with Gasteiger partial charge in [-0.2, -0.15) is 0 Å². The lowest BCUT2D eigenvalue weighted by Gasteiger charge is -2.51. The Bertz CT molecular complexity index is 446. The third kappa shape index (κ3) is 4.82. The largest absolute Gasteiger partial charge is 0.396 e. The zero-order valence-electron chi connectivity index (χ0n) is 12.8. The van der Waals surface area contributed by atoms with E-state index in [0.29, 0.717) is 0 Å². The first-order valence-corrected chi connectivity index (χ1v) is 7.55. The average molecular weight is 349 g/mol. The van der Waals surface area contributed by atoms with E-state index in [9.17, 15) is 0 Å². The van der Waals surface area contributed by atoms with Crippen molar-refractivity contribution in [1.82, 2.24) is 10.2 Å². The Morgan fingerprint density at radius 1 is 1.18 bits per heavy atom. The van der Waals surface area contributed by atoms with E-state index in [-0.39, 0.29) is 37.0 Å². The van der Waals surface area contributed by atoms with Crippen LogP contribution in [0.15, 0.2) is 24.3 Å². The van der Waals surface area contributed by atoms with Gasteiger partial charge in [-0.05, 0) is 24.0 Å². The summed E-state index contributed by atoms with van der Waals surface area (Å²) in [6.07, 6.45) is 1.82. The van der Waals surface area contributed by atoms with E-state index in [1.807, 2.05) is 0 Å². The maximum absolute atomic E-state index is 8.99. The minimum Gasteiger partial charge on any atom is -0.396 e. The first kappa shape index (κ1) is 19.7. The van der Waals surface area contributed by atoms with Crippen LogP contribution >= 0.6 is 24.8 Å². The predicted molar refractivity (Wildman–Crippen MR) is 93.4 cm³/mol. The van der Waals surface area contributed by atoms with Crippen molar-refractivity contribution in [3.63, 3.8) is 0 Å². The first-order valence-electron chi connectivity index (χ1n) is 7.55. The van der Waals surface area contributed by atoms with Crippen LogP contribution in [0.5, 0.6) is 0 Å². The molecule has 0 radical (unpaired) electrons. The number of likely N-dealkylation sites (tertiary alicyclic amines) is 1. The fourth-order valence-electron chi connectivity index (χ4n) is 3.19. The Morgan fingerprint density at radius 3 is 2.55 bits per heavy atom. The van der Waals surface area contributed by atoms with E-state index in [0.717, 1.165) is 52.2 Å². The monoisotopic (exact) mass is 348 g/mol. The molecule has 1 aromatic carbocycles. The lowest BCUT2D eigenvalue weighted by molar-refractivity contribution is -0.155. The van der Waals surface area contributed by atoms with Gasteiger partial charge in [-0.15, -0.1) is 24.8 Å². The lowest BCUT2D eigenvalue weighted by atomic mass is 9.92. The Morgan fingerprint density at radius 2 is 1.91 bits per heavy atom. The summed E-state index contributed by atoms with van der Waals surface area (Å²) in [4.78, 5) is 2.46. The molecule has 3 rings (SSSR count). The van der Waals surface area contributed by atoms with Crippen LogP contribution in [-0.4, -0.2) is 61.5 Å². The van der Waals surface area contributed by atoms with Crippen molar-refractivity contribution < 1.29 is 9.84 Å². The van der Waals surface area contributed by atoms with E-state index in [1.54, 1.807) is 0 Å². The molecular formula is C16H26Cl2N2O2. The molecule has 0 bridgehead atoms. The van der Waals surface area contributed by atoms with Gasteiger partial charge >= 0.3 is 0 Å². The lowest BCUT2D eigenvalue weighted by Crippen LogP contribution is -2.69. The minimum absolute atomic E-state index is 0. The summed E-state index contributed by atoms with van der Waals surface area (Å²) >= 11 is 0. The van der Waals surface area contributed by atoms with Crippen LogP contribution in [0.1, 0.15) is 11.1 Å². The Balaban J connectivity index is 0.00000121. The molecular weight excluding hydrogens is 323 g/mol. The standard InChI is InChI=1S/C16H24N2O2.2ClH/c19-8-5-15-3-1-2-14(10-15)4-7-18-12-16(13-18)11-17-6-9-20-16;;/h1-3,10,17,19H,4-9,11-13H2;2*1H. The highest BCUT2D eigenvalue weighted by atomic mass is 35.5. The van der Waals surface area contributed by atoms with Crippen molar-refractivity contribution in [3.8, 4) is 0 Å². The fourth-order valence-corrected chi connectivity index (χ4v) is 3.19. The average Bonchev–Trinajstić information content (AvgIpc) is 2.45. The van der Waals surface area contributed by atoms with Gasteiger partial charge in [-0.25, -0.2) is 0 Å². The summed E-state index contributed by atoms with van der Waals surface area (Å²) in [5.41, 5.74) is 2.68. The molecule has 0 aromatic heterocycles. The highest BCUT2D eigenvalue weighted by molar-refractivity contribution is 5.85. The molecule has 0 saturated carbocycles. The summed E-state index contributed by atoms with van der Waals surface area (Å²) in [6.45, 7) is 6.24. The molecule has 2 saturated heterocycles. The summed E-state index contributed by atoms with van der Waals surface area (Å²) < 4.78 is 5.90. The quantitative estimate of drug-likeness (QED) is 0.841. The van der Waals surface area contributed by atoms with Crippen molar-refractivity contribution in [2.75, 3.05) is 45.9 Å². The summed E-state index contributed by atoms with van der Waals surface area (Å²) in [5, 5.41) is 12.4. The molecule has 1 spiro atoms. The SMILES string of the molecule is Cl.Cl.OCCc1cccc(CCN2CC3(CNCCO3)C2)c1. The molecule has 2 aliphatic rings. The normalized spacial score (nSPS) is 19.9. The topological polar surface area (TPSA) is 44.7 Å². The molecule has 2 N–H and O–H groups in total. The van der Waals surface area contributed by atoms with Crippen LogP contribution < -0.4 is 5.32 Å². The number of aliphatic hydroxyl groups is 1. The van der Waals surface area contributed by atoms with E-state index in [1.165, 1.54) is 11.1 Å². The van der Waals surface area contributed by atoms with Gasteiger partial charge in [-0.1, -0.05) is 24.3 Å². The number of benzene rings is 1. The number of nitrogens with one attached hydrogen (secondary N) is 1. The molecule has 2 heterocycles. The molecule has 2 aliphatic heterocycles. The second-order valence-corrected chi connectivity index (χ2v) is 5.96. The Labute approximate surface area is 145 Å². The second-order valence-electron chi connectivity index (χ2n) is 5.96. The van der Waals surface area contributed by atoms with Gasteiger partial charge in [0.25, 0.3) is 0 Å². The van der Waals surface area contributed by atoms with E-state index >= 15 is 0 Å². The van der Waals surface area contributed by atoms with Gasteiger partial charge in [0.2, 0.25) is 0 Å². The van der Waals surface area contributed by atoms with Gasteiger partial charge in [0.15, 0.2) is 0 Å². The molecule has 6 heteroatoms. The van der Waals surface area contributed by atoms with Crippen molar-refractivity contribution in [1.29, 1.82) is 0 Å². The van der Waals surface area contributed by atoms with Crippen molar-refractivity contribution >= 4 is 24.8 Å². The van der Waals surface area contributed by atoms with Crippen LogP contribution in [0.2, 0.25) is 0 Å². The maximum Gasteiger partial charge on any atom is 0.106 e. The third-order valence-electron chi connectivity index (χ3n) is 4.27. The molecule has 2 fully saturated rings. The van der Waals surface area contributed by atoms with E-state index < -0.39 is 0 Å². The zero-order valence-corrected chi connectivity index (χ0v) is 14.4. The number of aliphatic hydroxyl groups excluding tert-OH is 1. The first-order chi connectivity index (χ1) is 9.80. The van der Waals surface area contributed by atoms with Crippen molar-refractivity contribution in [2.45, 2.75) is 18.4 Å². The van der Waals surface area contributed by atoms with Crippen molar-refractivity contribution in [3.05, 3.63) is 35.4 Å². The minimum atomic E-state index is 0. The number of ether oxygens (including phenoxy) is 1. The van der Waals surface area contributed by atoms with Crippen LogP contribution in [0.3, 0.4) is 0 Å².